The first-order valence-electron chi connectivity index (χ1n) is 14.4. The number of amides is 2. The number of thioether (sulfide) groups is 1. The van der Waals surface area contributed by atoms with Gasteiger partial charge in [0.1, 0.15) is 35.2 Å². The van der Waals surface area contributed by atoms with E-state index >= 15 is 0 Å². The van der Waals surface area contributed by atoms with Crippen LogP contribution in [0.15, 0.2) is 102 Å². The van der Waals surface area contributed by atoms with Crippen LogP contribution in [-0.2, 0) is 24.8 Å². The maximum Gasteiger partial charge on any atom is 0.313 e. The molecule has 2 aliphatic rings. The number of benzene rings is 3. The van der Waals surface area contributed by atoms with Crippen molar-refractivity contribution >= 4 is 63.3 Å². The van der Waals surface area contributed by atoms with E-state index in [0.717, 1.165) is 16.7 Å². The van der Waals surface area contributed by atoms with Gasteiger partial charge in [0.2, 0.25) is 5.91 Å². The predicted molar refractivity (Wildman–Crippen MR) is 179 cm³/mol. The van der Waals surface area contributed by atoms with Crippen LogP contribution in [0.1, 0.15) is 22.4 Å². The van der Waals surface area contributed by atoms with E-state index in [0.29, 0.717) is 5.13 Å². The topological polar surface area (TPSA) is 133 Å². The maximum atomic E-state index is 13.5. The number of rotatable bonds is 11. The number of alkyl halides is 1. The zero-order valence-corrected chi connectivity index (χ0v) is 27.0. The third kappa shape index (κ3) is 5.61. The van der Waals surface area contributed by atoms with Crippen molar-refractivity contribution < 1.29 is 24.3 Å². The molecule has 3 N–H and O–H groups in total. The molecule has 2 aliphatic heterocycles. The second kappa shape index (κ2) is 13.1. The second-order valence-electron chi connectivity index (χ2n) is 11.0. The Hall–Kier alpha value is -4.39. The third-order valence-corrected chi connectivity index (χ3v) is 11.1. The number of aromatic nitrogens is 1. The molecule has 6 rings (SSSR count). The van der Waals surface area contributed by atoms with E-state index in [1.165, 1.54) is 35.1 Å². The molecule has 0 radical (unpaired) electrons. The van der Waals surface area contributed by atoms with Gasteiger partial charge < -0.3 is 25.5 Å². The SMILES string of the molecule is CON=C(C(=O)NC1C(=O)N2CC(CCl)(C(=O)O)CS[C@H]12)c1csc(NC(c2ccccc2)(c2ccccc2)c2ccccc2)n1. The summed E-state index contributed by atoms with van der Waals surface area (Å²) in [5, 5.41) is 21.9. The van der Waals surface area contributed by atoms with Crippen molar-refractivity contribution in [2.75, 3.05) is 30.6 Å². The normalized spacial score (nSPS) is 21.1. The molecule has 13 heteroatoms. The van der Waals surface area contributed by atoms with Crippen LogP contribution in [0.2, 0.25) is 0 Å². The minimum absolute atomic E-state index is 0.0131. The van der Waals surface area contributed by atoms with Gasteiger partial charge in [0.05, 0.1) is 0 Å². The van der Waals surface area contributed by atoms with E-state index in [2.05, 4.69) is 52.2 Å². The Morgan fingerprint density at radius 3 is 2.11 bits per heavy atom. The van der Waals surface area contributed by atoms with Gasteiger partial charge in [-0.2, -0.15) is 0 Å². The van der Waals surface area contributed by atoms with E-state index in [-0.39, 0.29) is 35.5 Å². The smallest absolute Gasteiger partial charge is 0.313 e. The number of aliphatic carboxylic acids is 1. The van der Waals surface area contributed by atoms with Crippen molar-refractivity contribution in [2.45, 2.75) is 17.0 Å². The van der Waals surface area contributed by atoms with Crippen molar-refractivity contribution in [1.29, 1.82) is 0 Å². The Labute approximate surface area is 278 Å². The number of carboxylic acids is 1. The van der Waals surface area contributed by atoms with Gasteiger partial charge in [0.25, 0.3) is 5.91 Å². The molecule has 236 valence electrons. The summed E-state index contributed by atoms with van der Waals surface area (Å²) in [7, 11) is 1.33. The molecule has 0 saturated carbocycles. The second-order valence-corrected chi connectivity index (χ2v) is 13.2. The molecule has 10 nitrogen and oxygen atoms in total. The molecule has 2 unspecified atom stereocenters. The average Bonchev–Trinajstić information content (AvgIpc) is 3.57. The summed E-state index contributed by atoms with van der Waals surface area (Å²) in [5.74, 6) is -1.96. The molecular formula is C33H30ClN5O5S2. The number of thiazole rings is 1. The Bertz CT molecular complexity index is 1660. The Morgan fingerprint density at radius 1 is 1.04 bits per heavy atom. The summed E-state index contributed by atoms with van der Waals surface area (Å²) in [6.07, 6.45) is 0. The molecule has 3 heterocycles. The van der Waals surface area contributed by atoms with Crippen LogP contribution in [0.25, 0.3) is 0 Å². The lowest BCUT2D eigenvalue weighted by molar-refractivity contribution is -0.157. The van der Waals surface area contributed by atoms with Crippen LogP contribution in [0.3, 0.4) is 0 Å². The maximum absolute atomic E-state index is 13.5. The molecule has 0 aliphatic carbocycles. The molecule has 1 aromatic heterocycles. The molecular weight excluding hydrogens is 646 g/mol. The molecule has 46 heavy (non-hydrogen) atoms. The number of hydrogen-bond donors (Lipinski definition) is 3. The lowest BCUT2D eigenvalue weighted by atomic mass is 9.77. The number of oxime groups is 1. The molecule has 0 spiro atoms. The fraction of sp³-hybridized carbons (Fsp3) is 0.242. The zero-order chi connectivity index (χ0) is 32.3. The van der Waals surface area contributed by atoms with Gasteiger partial charge in [-0.1, -0.05) is 96.2 Å². The highest BCUT2D eigenvalue weighted by molar-refractivity contribution is 8.00. The summed E-state index contributed by atoms with van der Waals surface area (Å²) >= 11 is 8.58. The predicted octanol–water partition coefficient (Wildman–Crippen LogP) is 4.61. The minimum Gasteiger partial charge on any atom is -0.481 e. The minimum atomic E-state index is -1.23. The van der Waals surface area contributed by atoms with Gasteiger partial charge in [-0.3, -0.25) is 14.4 Å². The molecule has 4 aromatic rings. The number of carbonyl (C=O) groups is 3. The van der Waals surface area contributed by atoms with Crippen molar-refractivity contribution in [1.82, 2.24) is 15.2 Å². The average molecular weight is 676 g/mol. The van der Waals surface area contributed by atoms with Gasteiger partial charge >= 0.3 is 5.97 Å². The Balaban J connectivity index is 1.28. The van der Waals surface area contributed by atoms with Gasteiger partial charge in [0, 0.05) is 23.6 Å². The lowest BCUT2D eigenvalue weighted by Gasteiger charge is -2.53. The van der Waals surface area contributed by atoms with Crippen molar-refractivity contribution in [3.8, 4) is 0 Å². The fourth-order valence-electron chi connectivity index (χ4n) is 5.78. The number of anilines is 1. The number of β-lactam (4-membered cyclic amide) rings is 1. The first kappa shape index (κ1) is 31.6. The van der Waals surface area contributed by atoms with E-state index in [1.54, 1.807) is 5.38 Å². The van der Waals surface area contributed by atoms with Crippen molar-refractivity contribution in [2.24, 2.45) is 10.6 Å². The van der Waals surface area contributed by atoms with Crippen LogP contribution >= 0.6 is 34.7 Å². The molecule has 2 saturated heterocycles. The molecule has 2 fully saturated rings. The third-order valence-electron chi connectivity index (χ3n) is 8.20. The van der Waals surface area contributed by atoms with E-state index < -0.39 is 34.2 Å². The van der Waals surface area contributed by atoms with Gasteiger partial charge in [-0.05, 0) is 16.7 Å². The highest BCUT2D eigenvalue weighted by Crippen LogP contribution is 2.43. The van der Waals surface area contributed by atoms with E-state index in [4.69, 9.17) is 21.4 Å². The number of carbonyl (C=O) groups excluding carboxylic acids is 2. The molecule has 2 amide bonds. The number of fused-ring (bicyclic) bond motifs is 1. The van der Waals surface area contributed by atoms with Crippen LogP contribution in [0.4, 0.5) is 5.13 Å². The number of nitrogens with zero attached hydrogens (tertiary/aromatic N) is 3. The summed E-state index contributed by atoms with van der Waals surface area (Å²) in [5.41, 5.74) is 1.10. The molecule has 3 aromatic carbocycles. The van der Waals surface area contributed by atoms with Crippen molar-refractivity contribution in [3.05, 3.63) is 119 Å². The summed E-state index contributed by atoms with van der Waals surface area (Å²) in [6, 6.07) is 29.3. The fourth-order valence-corrected chi connectivity index (χ4v) is 8.48. The Morgan fingerprint density at radius 2 is 1.61 bits per heavy atom. The Kier molecular flexibility index (Phi) is 9.03. The summed E-state index contributed by atoms with van der Waals surface area (Å²) < 4.78 is 0. The van der Waals surface area contributed by atoms with Gasteiger partial charge in [0.15, 0.2) is 10.8 Å². The monoisotopic (exact) mass is 675 g/mol. The number of hydrogen-bond acceptors (Lipinski definition) is 9. The highest BCUT2D eigenvalue weighted by Gasteiger charge is 2.57. The number of carboxylic acid groups (broad SMARTS) is 1. The number of nitrogens with one attached hydrogen (secondary N) is 2. The van der Waals surface area contributed by atoms with Crippen LogP contribution in [-0.4, -0.2) is 75.2 Å². The van der Waals surface area contributed by atoms with Crippen molar-refractivity contribution in [3.63, 3.8) is 0 Å². The molecule has 0 bridgehead atoms. The quantitative estimate of drug-likeness (QED) is 0.0691. The summed E-state index contributed by atoms with van der Waals surface area (Å²) in [6.45, 7) is -0.0131. The van der Waals surface area contributed by atoms with Gasteiger partial charge in [-0.15, -0.1) is 34.7 Å². The first-order valence-corrected chi connectivity index (χ1v) is 16.8. The highest BCUT2D eigenvalue weighted by atomic mass is 35.5. The van der Waals surface area contributed by atoms with Crippen LogP contribution < -0.4 is 10.6 Å². The lowest BCUT2D eigenvalue weighted by Crippen LogP contribution is -2.74. The van der Waals surface area contributed by atoms with E-state index in [9.17, 15) is 19.5 Å². The largest absolute Gasteiger partial charge is 0.481 e. The van der Waals surface area contributed by atoms with E-state index in [1.807, 2.05) is 54.6 Å². The molecule has 3 atom stereocenters. The standard InChI is InChI=1S/C33H30ClN5O5S2/c1-44-38-25(27(40)36-26-28(41)39-19-32(18-34,30(42)43)20-46-29(26)39)24-17-45-31(35-24)37-33(21-11-5-2-6-12-21,22-13-7-3-8-14-22)23-15-9-4-10-16-23/h2-17,26,29H,18-20H2,1H3,(H,35,37)(H,36,40)(H,42,43)/t26?,29-,32?/m1/s1. The van der Waals surface area contributed by atoms with Gasteiger partial charge in [-0.25, -0.2) is 4.98 Å². The zero-order valence-electron chi connectivity index (χ0n) is 24.6. The first-order chi connectivity index (χ1) is 22.3. The summed E-state index contributed by atoms with van der Waals surface area (Å²) in [4.78, 5) is 49.6. The van der Waals surface area contributed by atoms with Crippen LogP contribution in [0.5, 0.6) is 0 Å². The van der Waals surface area contributed by atoms with Crippen LogP contribution in [0, 0.1) is 5.41 Å². The number of halogens is 1.